The lowest BCUT2D eigenvalue weighted by Crippen LogP contribution is -2.59. The maximum atomic E-state index is 14.0. The van der Waals surface area contributed by atoms with Gasteiger partial charge in [-0.1, -0.05) is 31.0 Å². The van der Waals surface area contributed by atoms with Gasteiger partial charge in [0.25, 0.3) is 0 Å². The van der Waals surface area contributed by atoms with E-state index >= 15 is 0 Å². The molecule has 1 N–H and O–H groups in total. The van der Waals surface area contributed by atoms with Gasteiger partial charge in [-0.25, -0.2) is 4.39 Å². The number of halogens is 1. The van der Waals surface area contributed by atoms with Crippen LogP contribution in [0.4, 0.5) is 4.39 Å². The van der Waals surface area contributed by atoms with Crippen molar-refractivity contribution in [1.29, 1.82) is 0 Å². The first-order chi connectivity index (χ1) is 10.3. The molecule has 0 amide bonds. The fourth-order valence-electron chi connectivity index (χ4n) is 4.48. The van der Waals surface area contributed by atoms with Crippen LogP contribution in [0.1, 0.15) is 44.1 Å². The van der Waals surface area contributed by atoms with E-state index in [1.54, 1.807) is 12.1 Å². The average molecular weight is 290 g/mol. The molecule has 21 heavy (non-hydrogen) atoms. The highest BCUT2D eigenvalue weighted by atomic mass is 19.1. The molecule has 0 radical (unpaired) electrons. The molecule has 2 fully saturated rings. The van der Waals surface area contributed by atoms with Crippen molar-refractivity contribution < 1.29 is 4.39 Å². The van der Waals surface area contributed by atoms with Crippen LogP contribution in [-0.4, -0.2) is 36.6 Å². The van der Waals surface area contributed by atoms with Gasteiger partial charge in [-0.05, 0) is 63.9 Å². The minimum Gasteiger partial charge on any atom is -0.315 e. The molecular weight excluding hydrogens is 263 g/mol. The minimum absolute atomic E-state index is 0.0627. The number of likely N-dealkylation sites (tertiary alicyclic amines) is 1. The first kappa shape index (κ1) is 15.0. The summed E-state index contributed by atoms with van der Waals surface area (Å²) >= 11 is 0. The van der Waals surface area contributed by atoms with Crippen LogP contribution in [0.5, 0.6) is 0 Å². The van der Waals surface area contributed by atoms with Gasteiger partial charge in [0.2, 0.25) is 0 Å². The highest BCUT2D eigenvalue weighted by Crippen LogP contribution is 2.41. The normalized spacial score (nSPS) is 23.5. The largest absolute Gasteiger partial charge is 0.315 e. The van der Waals surface area contributed by atoms with Crippen LogP contribution >= 0.6 is 0 Å². The summed E-state index contributed by atoms with van der Waals surface area (Å²) in [6, 6.07) is 7.59. The molecular formula is C18H27FN2. The van der Waals surface area contributed by atoms with Gasteiger partial charge >= 0.3 is 0 Å². The molecule has 1 atom stereocenters. The molecule has 1 saturated heterocycles. The summed E-state index contributed by atoms with van der Waals surface area (Å²) in [5.41, 5.74) is 1.09. The van der Waals surface area contributed by atoms with E-state index < -0.39 is 0 Å². The minimum atomic E-state index is -0.0627. The first-order valence-electron chi connectivity index (χ1n) is 8.42. The Kier molecular flexibility index (Phi) is 4.60. The second kappa shape index (κ2) is 6.45. The van der Waals surface area contributed by atoms with Crippen molar-refractivity contribution in [2.75, 3.05) is 20.1 Å². The second-order valence-corrected chi connectivity index (χ2v) is 6.64. The molecule has 1 heterocycles. The Bertz CT molecular complexity index is 462. The maximum absolute atomic E-state index is 14.0. The third-order valence-electron chi connectivity index (χ3n) is 5.58. The summed E-state index contributed by atoms with van der Waals surface area (Å²) in [6.07, 6.45) is 8.56. The van der Waals surface area contributed by atoms with Crippen LogP contribution in [0.2, 0.25) is 0 Å². The molecule has 1 saturated carbocycles. The monoisotopic (exact) mass is 290 g/mol. The zero-order valence-electron chi connectivity index (χ0n) is 13.1. The van der Waals surface area contributed by atoms with Gasteiger partial charge in [-0.2, -0.15) is 0 Å². The standard InChI is InChI=1S/C18H27FN2/c1-20-17(14-15-8-2-3-9-16(15)19)18(10-4-5-11-18)21-12-6-7-13-21/h2-3,8-9,17,20H,4-7,10-14H2,1H3. The molecule has 1 aliphatic carbocycles. The van der Waals surface area contributed by atoms with Gasteiger partial charge in [-0.15, -0.1) is 0 Å². The van der Waals surface area contributed by atoms with Crippen molar-refractivity contribution in [3.8, 4) is 0 Å². The number of nitrogens with one attached hydrogen (secondary N) is 1. The molecule has 116 valence electrons. The molecule has 0 aromatic heterocycles. The lowest BCUT2D eigenvalue weighted by molar-refractivity contribution is 0.0794. The van der Waals surface area contributed by atoms with E-state index in [4.69, 9.17) is 0 Å². The van der Waals surface area contributed by atoms with Crippen LogP contribution in [-0.2, 0) is 6.42 Å². The predicted octanol–water partition coefficient (Wildman–Crippen LogP) is 3.36. The van der Waals surface area contributed by atoms with Crippen molar-refractivity contribution >= 4 is 0 Å². The van der Waals surface area contributed by atoms with Crippen LogP contribution in [0, 0.1) is 5.82 Å². The topological polar surface area (TPSA) is 15.3 Å². The Hall–Kier alpha value is -0.930. The molecule has 2 nitrogen and oxygen atoms in total. The smallest absolute Gasteiger partial charge is 0.126 e. The fraction of sp³-hybridized carbons (Fsp3) is 0.667. The third-order valence-corrected chi connectivity index (χ3v) is 5.58. The van der Waals surface area contributed by atoms with E-state index in [1.165, 1.54) is 51.6 Å². The van der Waals surface area contributed by atoms with Crippen LogP contribution in [0.25, 0.3) is 0 Å². The van der Waals surface area contributed by atoms with E-state index in [1.807, 2.05) is 19.2 Å². The second-order valence-electron chi connectivity index (χ2n) is 6.64. The van der Waals surface area contributed by atoms with Crippen LogP contribution in [0.3, 0.4) is 0 Å². The molecule has 1 aromatic rings. The molecule has 1 unspecified atom stereocenters. The number of hydrogen-bond acceptors (Lipinski definition) is 2. The summed E-state index contributed by atoms with van der Waals surface area (Å²) in [5.74, 6) is -0.0627. The Balaban J connectivity index is 1.84. The quantitative estimate of drug-likeness (QED) is 0.894. The molecule has 0 bridgehead atoms. The predicted molar refractivity (Wildman–Crippen MR) is 85.0 cm³/mol. The average Bonchev–Trinajstić information content (AvgIpc) is 3.18. The lowest BCUT2D eigenvalue weighted by atomic mass is 9.82. The highest BCUT2D eigenvalue weighted by Gasteiger charge is 2.46. The molecule has 1 aromatic carbocycles. The van der Waals surface area contributed by atoms with E-state index in [-0.39, 0.29) is 11.4 Å². The first-order valence-corrected chi connectivity index (χ1v) is 8.42. The Morgan fingerprint density at radius 1 is 1.14 bits per heavy atom. The van der Waals surface area contributed by atoms with E-state index in [0.717, 1.165) is 12.0 Å². The fourth-order valence-corrected chi connectivity index (χ4v) is 4.48. The summed E-state index contributed by atoms with van der Waals surface area (Å²) < 4.78 is 14.0. The number of hydrogen-bond donors (Lipinski definition) is 1. The number of benzene rings is 1. The molecule has 0 spiro atoms. The molecule has 3 rings (SSSR count). The molecule has 3 heteroatoms. The molecule has 2 aliphatic rings. The zero-order valence-corrected chi connectivity index (χ0v) is 13.1. The van der Waals surface area contributed by atoms with E-state index in [2.05, 4.69) is 10.2 Å². The zero-order chi connectivity index (χ0) is 14.7. The van der Waals surface area contributed by atoms with Gasteiger partial charge in [0.15, 0.2) is 0 Å². The van der Waals surface area contributed by atoms with E-state index in [9.17, 15) is 4.39 Å². The Labute approximate surface area is 127 Å². The van der Waals surface area contributed by atoms with E-state index in [0.29, 0.717) is 6.04 Å². The molecule has 1 aliphatic heterocycles. The Morgan fingerprint density at radius 2 is 1.81 bits per heavy atom. The van der Waals surface area contributed by atoms with Gasteiger partial charge in [0, 0.05) is 11.6 Å². The highest BCUT2D eigenvalue weighted by molar-refractivity contribution is 5.20. The van der Waals surface area contributed by atoms with Crippen molar-refractivity contribution in [3.05, 3.63) is 35.6 Å². The summed E-state index contributed by atoms with van der Waals surface area (Å²) in [6.45, 7) is 2.44. The van der Waals surface area contributed by atoms with Crippen molar-refractivity contribution in [2.24, 2.45) is 0 Å². The summed E-state index contributed by atoms with van der Waals surface area (Å²) in [7, 11) is 2.04. The van der Waals surface area contributed by atoms with Crippen LogP contribution in [0.15, 0.2) is 24.3 Å². The van der Waals surface area contributed by atoms with Crippen LogP contribution < -0.4 is 5.32 Å². The van der Waals surface area contributed by atoms with Gasteiger partial charge < -0.3 is 5.32 Å². The lowest BCUT2D eigenvalue weighted by Gasteiger charge is -2.45. The third kappa shape index (κ3) is 2.86. The van der Waals surface area contributed by atoms with Crippen molar-refractivity contribution in [2.45, 2.75) is 56.5 Å². The van der Waals surface area contributed by atoms with Gasteiger partial charge in [0.1, 0.15) is 5.82 Å². The SMILES string of the molecule is CNC(Cc1ccccc1F)C1(N2CCCC2)CCCC1. The summed E-state index contributed by atoms with van der Waals surface area (Å²) in [4.78, 5) is 2.70. The van der Waals surface area contributed by atoms with Crippen molar-refractivity contribution in [3.63, 3.8) is 0 Å². The Morgan fingerprint density at radius 3 is 2.43 bits per heavy atom. The van der Waals surface area contributed by atoms with Gasteiger partial charge in [-0.3, -0.25) is 4.90 Å². The van der Waals surface area contributed by atoms with Crippen molar-refractivity contribution in [1.82, 2.24) is 10.2 Å². The number of likely N-dealkylation sites (N-methyl/N-ethyl adjacent to an activating group) is 1. The van der Waals surface area contributed by atoms with Gasteiger partial charge in [0.05, 0.1) is 0 Å². The number of rotatable bonds is 5. The summed E-state index contributed by atoms with van der Waals surface area (Å²) in [5, 5.41) is 3.53. The number of nitrogens with zero attached hydrogens (tertiary/aromatic N) is 1. The maximum Gasteiger partial charge on any atom is 0.126 e.